The van der Waals surface area contributed by atoms with Gasteiger partial charge in [0.25, 0.3) is 0 Å². The summed E-state index contributed by atoms with van der Waals surface area (Å²) in [6, 6.07) is 1.52. The summed E-state index contributed by atoms with van der Waals surface area (Å²) in [7, 11) is 0. The molecule has 0 aliphatic carbocycles. The van der Waals surface area contributed by atoms with E-state index in [9.17, 15) is 9.59 Å². The van der Waals surface area contributed by atoms with Gasteiger partial charge in [0.15, 0.2) is 6.23 Å². The highest BCUT2D eigenvalue weighted by atomic mass is 16.6. The van der Waals surface area contributed by atoms with Crippen molar-refractivity contribution in [3.8, 4) is 0 Å². The number of nitrogens with zero attached hydrogens (tertiary/aromatic N) is 2. The number of hydrogen-bond acceptors (Lipinski definition) is 6. The quantitative estimate of drug-likeness (QED) is 0.770. The van der Waals surface area contributed by atoms with Gasteiger partial charge in [-0.1, -0.05) is 0 Å². The van der Waals surface area contributed by atoms with Crippen LogP contribution in [0, 0.1) is 0 Å². The Balaban J connectivity index is 2.02. The Morgan fingerprint density at radius 2 is 2.50 bits per heavy atom. The van der Waals surface area contributed by atoms with Crippen molar-refractivity contribution in [3.05, 3.63) is 34.6 Å². The lowest BCUT2D eigenvalue weighted by Gasteiger charge is -2.15. The first kappa shape index (κ1) is 12.2. The summed E-state index contributed by atoms with van der Waals surface area (Å²) in [6.07, 6.45) is 3.35. The van der Waals surface area contributed by atoms with Crippen LogP contribution in [0.4, 0.5) is 5.82 Å². The maximum absolute atomic E-state index is 11.6. The number of anilines is 1. The van der Waals surface area contributed by atoms with Crippen LogP contribution in [-0.2, 0) is 14.3 Å². The second kappa shape index (κ2) is 4.91. The maximum Gasteiger partial charge on any atom is 0.352 e. The Morgan fingerprint density at radius 1 is 1.72 bits per heavy atom. The molecule has 0 saturated heterocycles. The molecule has 18 heavy (non-hydrogen) atoms. The van der Waals surface area contributed by atoms with Crippen molar-refractivity contribution in [1.82, 2.24) is 9.55 Å². The minimum atomic E-state index is -0.470. The van der Waals surface area contributed by atoms with Crippen LogP contribution in [0.3, 0.4) is 0 Å². The number of nitrogen functional groups attached to an aromatic ring is 1. The lowest BCUT2D eigenvalue weighted by atomic mass is 10.3. The number of carbonyl (C=O) groups is 1. The van der Waals surface area contributed by atoms with E-state index in [-0.39, 0.29) is 18.4 Å². The first-order chi connectivity index (χ1) is 8.56. The number of ether oxygens (including phenoxy) is 2. The highest BCUT2D eigenvalue weighted by molar-refractivity contribution is 5.66. The summed E-state index contributed by atoms with van der Waals surface area (Å²) in [5.74, 6) is 0.315. The lowest BCUT2D eigenvalue weighted by Crippen LogP contribution is -2.27. The fraction of sp³-hybridized carbons (Fsp3) is 0.364. The molecule has 1 aromatic heterocycles. The van der Waals surface area contributed by atoms with Gasteiger partial charge in [-0.15, -0.1) is 0 Å². The molecule has 7 nitrogen and oxygen atoms in total. The SMILES string of the molecule is CC(=O)OCC1=CCC(n2ccc(N)nc2=O)O1. The Bertz CT molecular complexity index is 549. The van der Waals surface area contributed by atoms with Crippen LogP contribution in [0.15, 0.2) is 28.9 Å². The summed E-state index contributed by atoms with van der Waals surface area (Å²) in [4.78, 5) is 25.9. The van der Waals surface area contributed by atoms with Crippen LogP contribution >= 0.6 is 0 Å². The summed E-state index contributed by atoms with van der Waals surface area (Å²) < 4.78 is 11.6. The van der Waals surface area contributed by atoms with Crippen LogP contribution in [0.25, 0.3) is 0 Å². The van der Waals surface area contributed by atoms with Gasteiger partial charge >= 0.3 is 11.7 Å². The molecule has 0 aromatic carbocycles. The third-order valence-corrected chi connectivity index (χ3v) is 2.41. The molecule has 2 N–H and O–H groups in total. The minimum absolute atomic E-state index is 0.0724. The van der Waals surface area contributed by atoms with E-state index in [1.54, 1.807) is 6.08 Å². The zero-order valence-corrected chi connectivity index (χ0v) is 9.83. The van der Waals surface area contributed by atoms with E-state index in [4.69, 9.17) is 15.2 Å². The molecule has 1 aromatic rings. The van der Waals surface area contributed by atoms with E-state index in [1.165, 1.54) is 23.8 Å². The number of nitrogens with two attached hydrogens (primary N) is 1. The molecule has 0 radical (unpaired) electrons. The topological polar surface area (TPSA) is 96.4 Å². The summed E-state index contributed by atoms with van der Waals surface area (Å²) in [5.41, 5.74) is 4.93. The molecule has 0 saturated carbocycles. The second-order valence-electron chi connectivity index (χ2n) is 3.80. The zero-order valence-electron chi connectivity index (χ0n) is 9.83. The van der Waals surface area contributed by atoms with Crippen molar-refractivity contribution in [1.29, 1.82) is 0 Å². The average molecular weight is 251 g/mol. The first-order valence-electron chi connectivity index (χ1n) is 5.40. The Morgan fingerprint density at radius 3 is 3.17 bits per heavy atom. The first-order valence-corrected chi connectivity index (χ1v) is 5.40. The van der Waals surface area contributed by atoms with Crippen LogP contribution in [0.1, 0.15) is 19.6 Å². The maximum atomic E-state index is 11.6. The molecular weight excluding hydrogens is 238 g/mol. The number of rotatable bonds is 3. The summed E-state index contributed by atoms with van der Waals surface area (Å²) >= 11 is 0. The molecule has 2 rings (SSSR count). The van der Waals surface area contributed by atoms with E-state index >= 15 is 0 Å². The largest absolute Gasteiger partial charge is 0.471 e. The fourth-order valence-corrected chi connectivity index (χ4v) is 1.58. The predicted molar refractivity (Wildman–Crippen MR) is 62.4 cm³/mol. The van der Waals surface area contributed by atoms with E-state index in [0.29, 0.717) is 12.2 Å². The number of aromatic nitrogens is 2. The standard InChI is InChI=1S/C11H13N3O4/c1-7(15)17-6-8-2-3-10(18-8)14-5-4-9(12)13-11(14)16/h2,4-5,10H,3,6H2,1H3,(H2,12,13,16). The lowest BCUT2D eigenvalue weighted by molar-refractivity contribution is -0.141. The van der Waals surface area contributed by atoms with Crippen molar-refractivity contribution < 1.29 is 14.3 Å². The molecule has 7 heteroatoms. The predicted octanol–water partition coefficient (Wildman–Crippen LogP) is 0.191. The molecule has 96 valence electrons. The van der Waals surface area contributed by atoms with Gasteiger partial charge in [0.2, 0.25) is 0 Å². The molecule has 0 bridgehead atoms. The third-order valence-electron chi connectivity index (χ3n) is 2.41. The Kier molecular flexibility index (Phi) is 3.31. The van der Waals surface area contributed by atoms with Gasteiger partial charge in [0.1, 0.15) is 18.2 Å². The normalized spacial score (nSPS) is 18.1. The highest BCUT2D eigenvalue weighted by Crippen LogP contribution is 2.24. The van der Waals surface area contributed by atoms with Crippen molar-refractivity contribution in [2.45, 2.75) is 19.6 Å². The van der Waals surface area contributed by atoms with Gasteiger partial charge < -0.3 is 15.2 Å². The van der Waals surface area contributed by atoms with E-state index < -0.39 is 11.9 Å². The van der Waals surface area contributed by atoms with Crippen molar-refractivity contribution in [2.24, 2.45) is 0 Å². The Labute approximate surface area is 103 Å². The van der Waals surface area contributed by atoms with Gasteiger partial charge in [0, 0.05) is 19.5 Å². The molecule has 0 amide bonds. The van der Waals surface area contributed by atoms with Gasteiger partial charge in [0.05, 0.1) is 0 Å². The van der Waals surface area contributed by atoms with Gasteiger partial charge in [-0.05, 0) is 12.1 Å². The van der Waals surface area contributed by atoms with Crippen molar-refractivity contribution >= 4 is 11.8 Å². The summed E-state index contributed by atoms with van der Waals surface area (Å²) in [5, 5.41) is 0. The van der Waals surface area contributed by atoms with Gasteiger partial charge in [-0.3, -0.25) is 9.36 Å². The van der Waals surface area contributed by atoms with Crippen molar-refractivity contribution in [3.63, 3.8) is 0 Å². The van der Waals surface area contributed by atoms with Gasteiger partial charge in [-0.2, -0.15) is 4.98 Å². The highest BCUT2D eigenvalue weighted by Gasteiger charge is 2.21. The van der Waals surface area contributed by atoms with E-state index in [0.717, 1.165) is 0 Å². The Hall–Kier alpha value is -2.31. The number of esters is 1. The number of carbonyl (C=O) groups excluding carboxylic acids is 1. The summed E-state index contributed by atoms with van der Waals surface area (Å²) in [6.45, 7) is 1.39. The van der Waals surface area contributed by atoms with Gasteiger partial charge in [-0.25, -0.2) is 4.79 Å². The van der Waals surface area contributed by atoms with Crippen LogP contribution in [0.5, 0.6) is 0 Å². The van der Waals surface area contributed by atoms with E-state index in [2.05, 4.69) is 4.98 Å². The molecular formula is C11H13N3O4. The molecule has 1 unspecified atom stereocenters. The molecule has 1 atom stereocenters. The second-order valence-corrected chi connectivity index (χ2v) is 3.80. The molecule has 2 heterocycles. The molecule has 1 aliphatic heterocycles. The van der Waals surface area contributed by atoms with Crippen LogP contribution in [-0.4, -0.2) is 22.1 Å². The van der Waals surface area contributed by atoms with Crippen LogP contribution in [0.2, 0.25) is 0 Å². The van der Waals surface area contributed by atoms with E-state index in [1.807, 2.05) is 0 Å². The number of hydrogen-bond donors (Lipinski definition) is 1. The fourth-order valence-electron chi connectivity index (χ4n) is 1.58. The third kappa shape index (κ3) is 2.68. The molecule has 0 fully saturated rings. The average Bonchev–Trinajstić information content (AvgIpc) is 2.75. The minimum Gasteiger partial charge on any atom is -0.471 e. The monoisotopic (exact) mass is 251 g/mol. The van der Waals surface area contributed by atoms with Crippen molar-refractivity contribution in [2.75, 3.05) is 12.3 Å². The smallest absolute Gasteiger partial charge is 0.352 e. The zero-order chi connectivity index (χ0) is 13.1. The molecule has 0 spiro atoms. The molecule has 1 aliphatic rings. The van der Waals surface area contributed by atoms with Crippen LogP contribution < -0.4 is 11.4 Å².